The van der Waals surface area contributed by atoms with Gasteiger partial charge in [0.15, 0.2) is 0 Å². The molecule has 0 aliphatic carbocycles. The molecule has 2 amide bonds. The summed E-state index contributed by atoms with van der Waals surface area (Å²) in [6.07, 6.45) is 1.70. The van der Waals surface area contributed by atoms with Crippen molar-refractivity contribution in [1.82, 2.24) is 24.8 Å². The number of likely N-dealkylation sites (N-methyl/N-ethyl adjacent to an activating group) is 1. The Bertz CT molecular complexity index is 819. The van der Waals surface area contributed by atoms with Crippen LogP contribution in [0.3, 0.4) is 0 Å². The maximum atomic E-state index is 12.6. The standard InChI is InChI=1S/C17H21N5O3/c1-20-11-17(25-16(20)24)8-4-9-21(12-17)15(23)7-10-22-14-6-3-2-5-13(14)18-19-22/h2-3,5-6H,4,7-12H2,1H3/t17-/m0/s1. The van der Waals surface area contributed by atoms with Gasteiger partial charge in [0.25, 0.3) is 0 Å². The monoisotopic (exact) mass is 343 g/mol. The number of para-hydroxylation sites is 1. The van der Waals surface area contributed by atoms with Crippen molar-refractivity contribution >= 4 is 23.0 Å². The average molecular weight is 343 g/mol. The van der Waals surface area contributed by atoms with Crippen LogP contribution >= 0.6 is 0 Å². The van der Waals surface area contributed by atoms with Crippen LogP contribution in [0, 0.1) is 0 Å². The van der Waals surface area contributed by atoms with Gasteiger partial charge in [-0.05, 0) is 25.0 Å². The van der Waals surface area contributed by atoms with Gasteiger partial charge in [0.2, 0.25) is 5.91 Å². The van der Waals surface area contributed by atoms with Crippen molar-refractivity contribution in [2.75, 3.05) is 26.7 Å². The van der Waals surface area contributed by atoms with E-state index in [1.54, 1.807) is 16.6 Å². The van der Waals surface area contributed by atoms with Gasteiger partial charge in [0.05, 0.1) is 25.2 Å². The van der Waals surface area contributed by atoms with Crippen LogP contribution in [0.15, 0.2) is 24.3 Å². The first-order chi connectivity index (χ1) is 12.1. The van der Waals surface area contributed by atoms with Gasteiger partial charge >= 0.3 is 6.09 Å². The lowest BCUT2D eigenvalue weighted by atomic mass is 9.92. The number of nitrogens with zero attached hydrogens (tertiary/aromatic N) is 5. The largest absolute Gasteiger partial charge is 0.439 e. The summed E-state index contributed by atoms with van der Waals surface area (Å²) in [4.78, 5) is 27.7. The summed E-state index contributed by atoms with van der Waals surface area (Å²) >= 11 is 0. The normalized spacial score (nSPS) is 23.5. The van der Waals surface area contributed by atoms with Crippen molar-refractivity contribution in [2.45, 2.75) is 31.4 Å². The zero-order chi connectivity index (χ0) is 17.4. The molecule has 2 saturated heterocycles. The molecule has 8 heteroatoms. The molecule has 0 bridgehead atoms. The van der Waals surface area contributed by atoms with Crippen molar-refractivity contribution in [3.05, 3.63) is 24.3 Å². The number of aryl methyl sites for hydroxylation is 1. The molecule has 2 aliphatic heterocycles. The number of fused-ring (bicyclic) bond motifs is 1. The Balaban J connectivity index is 1.40. The highest BCUT2D eigenvalue weighted by Gasteiger charge is 2.47. The number of carbonyl (C=O) groups is 2. The summed E-state index contributed by atoms with van der Waals surface area (Å²) in [7, 11) is 1.73. The number of piperidine rings is 1. The maximum absolute atomic E-state index is 12.6. The number of hydrogen-bond acceptors (Lipinski definition) is 5. The van der Waals surface area contributed by atoms with Crippen LogP contribution in [0.5, 0.6) is 0 Å². The van der Waals surface area contributed by atoms with E-state index in [0.29, 0.717) is 32.6 Å². The quantitative estimate of drug-likeness (QED) is 0.838. The smallest absolute Gasteiger partial charge is 0.410 e. The second-order valence-corrected chi connectivity index (χ2v) is 6.88. The van der Waals surface area contributed by atoms with Crippen LogP contribution in [0.2, 0.25) is 0 Å². The highest BCUT2D eigenvalue weighted by atomic mass is 16.6. The molecule has 0 unspecified atom stereocenters. The van der Waals surface area contributed by atoms with Crippen molar-refractivity contribution in [3.8, 4) is 0 Å². The summed E-state index contributed by atoms with van der Waals surface area (Å²) in [5, 5.41) is 8.23. The van der Waals surface area contributed by atoms with Crippen LogP contribution in [-0.4, -0.2) is 69.1 Å². The Hall–Kier alpha value is -2.64. The molecule has 2 fully saturated rings. The molecule has 1 aromatic carbocycles. The third-order valence-corrected chi connectivity index (χ3v) is 4.99. The minimum absolute atomic E-state index is 0.0595. The highest BCUT2D eigenvalue weighted by Crippen LogP contribution is 2.31. The zero-order valence-corrected chi connectivity index (χ0v) is 14.2. The Morgan fingerprint density at radius 3 is 2.96 bits per heavy atom. The van der Waals surface area contributed by atoms with Gasteiger partial charge in [0.1, 0.15) is 11.1 Å². The molecule has 0 N–H and O–H groups in total. The molecule has 8 nitrogen and oxygen atoms in total. The van der Waals surface area contributed by atoms with Crippen LogP contribution in [0.4, 0.5) is 4.79 Å². The summed E-state index contributed by atoms with van der Waals surface area (Å²) in [5.74, 6) is 0.0595. The molecule has 0 saturated carbocycles. The number of likely N-dealkylation sites (tertiary alicyclic amines) is 1. The second kappa shape index (κ2) is 6.02. The Labute approximate surface area is 145 Å². The number of rotatable bonds is 3. The minimum atomic E-state index is -0.542. The summed E-state index contributed by atoms with van der Waals surface area (Å²) < 4.78 is 7.32. The highest BCUT2D eigenvalue weighted by molar-refractivity contribution is 5.78. The van der Waals surface area contributed by atoms with Crippen molar-refractivity contribution in [3.63, 3.8) is 0 Å². The molecule has 1 aromatic heterocycles. The number of aromatic nitrogens is 3. The van der Waals surface area contributed by atoms with Gasteiger partial charge < -0.3 is 14.5 Å². The van der Waals surface area contributed by atoms with Crippen LogP contribution in [-0.2, 0) is 16.1 Å². The third-order valence-electron chi connectivity index (χ3n) is 4.99. The van der Waals surface area contributed by atoms with E-state index >= 15 is 0 Å². The second-order valence-electron chi connectivity index (χ2n) is 6.88. The molecule has 2 aromatic rings. The number of carbonyl (C=O) groups excluding carboxylic acids is 2. The van der Waals surface area contributed by atoms with E-state index in [1.165, 1.54) is 0 Å². The molecule has 2 aliphatic rings. The predicted octanol–water partition coefficient (Wildman–Crippen LogP) is 1.26. The number of benzene rings is 1. The van der Waals surface area contributed by atoms with Gasteiger partial charge in [-0.3, -0.25) is 4.79 Å². The van der Waals surface area contributed by atoms with Gasteiger partial charge in [0, 0.05) is 20.0 Å². The van der Waals surface area contributed by atoms with Gasteiger partial charge in [-0.1, -0.05) is 17.3 Å². The van der Waals surface area contributed by atoms with E-state index in [4.69, 9.17) is 4.74 Å². The Kier molecular flexibility index (Phi) is 3.82. The lowest BCUT2D eigenvalue weighted by Crippen LogP contribution is -2.52. The van der Waals surface area contributed by atoms with E-state index in [-0.39, 0.29) is 12.0 Å². The molecule has 1 spiro atoms. The third kappa shape index (κ3) is 2.92. The fourth-order valence-electron chi connectivity index (χ4n) is 3.76. The van der Waals surface area contributed by atoms with Crippen LogP contribution < -0.4 is 0 Å². The molecule has 132 valence electrons. The summed E-state index contributed by atoms with van der Waals surface area (Å²) in [6.45, 7) is 2.21. The van der Waals surface area contributed by atoms with Crippen molar-refractivity contribution in [2.24, 2.45) is 0 Å². The first kappa shape index (κ1) is 15.9. The fourth-order valence-corrected chi connectivity index (χ4v) is 3.76. The first-order valence-corrected chi connectivity index (χ1v) is 8.56. The number of amides is 2. The molecule has 1 atom stereocenters. The summed E-state index contributed by atoms with van der Waals surface area (Å²) in [6, 6.07) is 7.70. The maximum Gasteiger partial charge on any atom is 0.410 e. The Morgan fingerprint density at radius 2 is 2.16 bits per heavy atom. The lowest BCUT2D eigenvalue weighted by molar-refractivity contribution is -0.137. The van der Waals surface area contributed by atoms with Crippen molar-refractivity contribution < 1.29 is 14.3 Å². The minimum Gasteiger partial charge on any atom is -0.439 e. The van der Waals surface area contributed by atoms with E-state index in [1.807, 2.05) is 29.2 Å². The van der Waals surface area contributed by atoms with Crippen LogP contribution in [0.1, 0.15) is 19.3 Å². The molecule has 25 heavy (non-hydrogen) atoms. The number of hydrogen-bond donors (Lipinski definition) is 0. The number of ether oxygens (including phenoxy) is 1. The molecule has 0 radical (unpaired) electrons. The van der Waals surface area contributed by atoms with E-state index in [0.717, 1.165) is 23.9 Å². The van der Waals surface area contributed by atoms with E-state index < -0.39 is 5.60 Å². The van der Waals surface area contributed by atoms with Gasteiger partial charge in [-0.15, -0.1) is 5.10 Å². The zero-order valence-electron chi connectivity index (χ0n) is 14.2. The van der Waals surface area contributed by atoms with Gasteiger partial charge in [-0.25, -0.2) is 9.48 Å². The first-order valence-electron chi connectivity index (χ1n) is 8.56. The lowest BCUT2D eigenvalue weighted by Gasteiger charge is -2.38. The SMILES string of the molecule is CN1C[C@]2(CCCN(C(=O)CCn3nnc4ccccc43)C2)OC1=O. The Morgan fingerprint density at radius 1 is 1.32 bits per heavy atom. The molecular weight excluding hydrogens is 322 g/mol. The van der Waals surface area contributed by atoms with E-state index in [9.17, 15) is 9.59 Å². The molecular formula is C17H21N5O3. The topological polar surface area (TPSA) is 80.6 Å². The fraction of sp³-hybridized carbons (Fsp3) is 0.529. The van der Waals surface area contributed by atoms with Crippen molar-refractivity contribution in [1.29, 1.82) is 0 Å². The average Bonchev–Trinajstić information content (AvgIpc) is 3.14. The molecule has 3 heterocycles. The van der Waals surface area contributed by atoms with Crippen LogP contribution in [0.25, 0.3) is 11.0 Å². The molecule has 4 rings (SSSR count). The van der Waals surface area contributed by atoms with Gasteiger partial charge in [-0.2, -0.15) is 0 Å². The van der Waals surface area contributed by atoms with E-state index in [2.05, 4.69) is 10.3 Å². The predicted molar refractivity (Wildman–Crippen MR) is 89.8 cm³/mol. The summed E-state index contributed by atoms with van der Waals surface area (Å²) in [5.41, 5.74) is 1.21.